The highest BCUT2D eigenvalue weighted by Gasteiger charge is 2.22. The van der Waals surface area contributed by atoms with Crippen LogP contribution in [0, 0.1) is 5.92 Å². The third-order valence-electron chi connectivity index (χ3n) is 5.99. The van der Waals surface area contributed by atoms with Gasteiger partial charge in [0.05, 0.1) is 25.1 Å². The van der Waals surface area contributed by atoms with Crippen molar-refractivity contribution in [1.29, 1.82) is 0 Å². The Morgan fingerprint density at radius 1 is 1.09 bits per heavy atom. The Balaban J connectivity index is 1.36. The molecule has 0 bridgehead atoms. The minimum absolute atomic E-state index is 0.243. The molecule has 1 saturated heterocycles. The Kier molecular flexibility index (Phi) is 7.27. The maximum Gasteiger partial charge on any atom is 0.411 e. The fourth-order valence-corrected chi connectivity index (χ4v) is 4.06. The van der Waals surface area contributed by atoms with Crippen LogP contribution in [0.15, 0.2) is 67.0 Å². The zero-order valence-electron chi connectivity index (χ0n) is 19.1. The number of benzene rings is 2. The number of hydrogen-bond acceptors (Lipinski definition) is 7. The predicted molar refractivity (Wildman–Crippen MR) is 131 cm³/mol. The smallest absolute Gasteiger partial charge is 0.411 e. The highest BCUT2D eigenvalue weighted by molar-refractivity contribution is 6.15. The second-order valence-corrected chi connectivity index (χ2v) is 8.19. The van der Waals surface area contributed by atoms with E-state index in [0.717, 1.165) is 31.6 Å². The van der Waals surface area contributed by atoms with Crippen LogP contribution in [-0.4, -0.2) is 43.7 Å². The number of anilines is 3. The van der Waals surface area contributed by atoms with Crippen LogP contribution in [0.4, 0.5) is 21.9 Å². The van der Waals surface area contributed by atoms with Gasteiger partial charge >= 0.3 is 6.09 Å². The SMILES string of the molecule is COc1cccc(C(=O)c2cccc(N)c2NC(=O)OCC2CCN(c3ccncc3)CC2)c1. The number of piperidine rings is 1. The number of carbonyl (C=O) groups is 2. The van der Waals surface area contributed by atoms with E-state index in [-0.39, 0.29) is 28.6 Å². The topological polar surface area (TPSA) is 107 Å². The molecule has 0 unspecified atom stereocenters. The average Bonchev–Trinajstić information content (AvgIpc) is 2.89. The van der Waals surface area contributed by atoms with Crippen molar-refractivity contribution in [2.75, 3.05) is 42.8 Å². The van der Waals surface area contributed by atoms with Crippen LogP contribution < -0.4 is 20.7 Å². The van der Waals surface area contributed by atoms with Crippen LogP contribution >= 0.6 is 0 Å². The summed E-state index contributed by atoms with van der Waals surface area (Å²) in [6.07, 6.45) is 4.79. The third-order valence-corrected chi connectivity index (χ3v) is 5.99. The van der Waals surface area contributed by atoms with Gasteiger partial charge in [-0.3, -0.25) is 15.1 Å². The second-order valence-electron chi connectivity index (χ2n) is 8.19. The molecule has 0 spiro atoms. The normalized spacial score (nSPS) is 13.9. The molecule has 1 fully saturated rings. The Labute approximate surface area is 198 Å². The lowest BCUT2D eigenvalue weighted by Crippen LogP contribution is -2.35. The molecular weight excluding hydrogens is 432 g/mol. The molecule has 1 aliphatic heterocycles. The van der Waals surface area contributed by atoms with Crippen molar-refractivity contribution in [1.82, 2.24) is 4.98 Å². The van der Waals surface area contributed by atoms with Gasteiger partial charge in [0.25, 0.3) is 0 Å². The van der Waals surface area contributed by atoms with E-state index in [9.17, 15) is 9.59 Å². The summed E-state index contributed by atoms with van der Waals surface area (Å²) in [5.41, 5.74) is 8.50. The van der Waals surface area contributed by atoms with Crippen LogP contribution in [-0.2, 0) is 4.74 Å². The Bertz CT molecular complexity index is 1140. The summed E-state index contributed by atoms with van der Waals surface area (Å²) in [5.74, 6) is 0.568. The second kappa shape index (κ2) is 10.7. The summed E-state index contributed by atoms with van der Waals surface area (Å²) in [6.45, 7) is 2.09. The first-order valence-electron chi connectivity index (χ1n) is 11.2. The quantitative estimate of drug-likeness (QED) is 0.398. The van der Waals surface area contributed by atoms with E-state index in [1.54, 1.807) is 54.9 Å². The molecule has 0 radical (unpaired) electrons. The molecule has 2 aromatic carbocycles. The first kappa shape index (κ1) is 23.1. The van der Waals surface area contributed by atoms with Gasteiger partial charge in [0, 0.05) is 42.3 Å². The number of ether oxygens (including phenoxy) is 2. The molecule has 0 aliphatic carbocycles. The lowest BCUT2D eigenvalue weighted by atomic mass is 9.97. The van der Waals surface area contributed by atoms with Gasteiger partial charge < -0.3 is 20.1 Å². The number of para-hydroxylation sites is 1. The van der Waals surface area contributed by atoms with Crippen molar-refractivity contribution in [3.05, 3.63) is 78.1 Å². The summed E-state index contributed by atoms with van der Waals surface area (Å²) in [4.78, 5) is 32.0. The number of hydrogen-bond donors (Lipinski definition) is 2. The number of methoxy groups -OCH3 is 1. The molecular formula is C26H28N4O4. The van der Waals surface area contributed by atoms with Gasteiger partial charge in [0.15, 0.2) is 5.78 Å². The number of nitrogens with two attached hydrogens (primary N) is 1. The zero-order chi connectivity index (χ0) is 23.9. The summed E-state index contributed by atoms with van der Waals surface area (Å²) in [7, 11) is 1.54. The van der Waals surface area contributed by atoms with Crippen molar-refractivity contribution in [3.63, 3.8) is 0 Å². The molecule has 8 nitrogen and oxygen atoms in total. The number of nitrogens with one attached hydrogen (secondary N) is 1. The number of nitrogens with zero attached hydrogens (tertiary/aromatic N) is 2. The molecule has 176 valence electrons. The highest BCUT2D eigenvalue weighted by atomic mass is 16.5. The number of nitrogen functional groups attached to an aromatic ring is 1. The molecule has 34 heavy (non-hydrogen) atoms. The Morgan fingerprint density at radius 2 is 1.82 bits per heavy atom. The molecule has 0 saturated carbocycles. The first-order chi connectivity index (χ1) is 16.5. The molecule has 4 rings (SSSR count). The minimum atomic E-state index is -0.630. The van der Waals surface area contributed by atoms with Gasteiger partial charge in [0.2, 0.25) is 0 Å². The number of ketones is 1. The van der Waals surface area contributed by atoms with E-state index >= 15 is 0 Å². The van der Waals surface area contributed by atoms with E-state index in [1.807, 2.05) is 12.1 Å². The molecule has 3 aromatic rings. The molecule has 8 heteroatoms. The zero-order valence-corrected chi connectivity index (χ0v) is 19.1. The minimum Gasteiger partial charge on any atom is -0.497 e. The standard InChI is InChI=1S/C26H28N4O4/c1-33-21-5-2-4-19(16-21)25(31)22-6-3-7-23(27)24(22)29-26(32)34-17-18-10-14-30(15-11-18)20-8-12-28-13-9-20/h2-9,12-13,16,18H,10-11,14-15,17,27H2,1H3,(H,29,32). The number of amides is 1. The van der Waals surface area contributed by atoms with Crippen LogP contribution in [0.2, 0.25) is 0 Å². The van der Waals surface area contributed by atoms with Crippen molar-refractivity contribution >= 4 is 28.9 Å². The summed E-state index contributed by atoms with van der Waals surface area (Å²) in [5, 5.41) is 2.68. The van der Waals surface area contributed by atoms with Gasteiger partial charge in [-0.25, -0.2) is 4.79 Å². The van der Waals surface area contributed by atoms with Crippen molar-refractivity contribution < 1.29 is 19.1 Å². The maximum absolute atomic E-state index is 13.1. The number of carbonyl (C=O) groups excluding carboxylic acids is 2. The number of pyridine rings is 1. The fraction of sp³-hybridized carbons (Fsp3) is 0.269. The molecule has 3 N–H and O–H groups in total. The lowest BCUT2D eigenvalue weighted by molar-refractivity contribution is 0.103. The van der Waals surface area contributed by atoms with E-state index < -0.39 is 6.09 Å². The van der Waals surface area contributed by atoms with Gasteiger partial charge in [-0.05, 0) is 55.2 Å². The molecule has 1 aromatic heterocycles. The largest absolute Gasteiger partial charge is 0.497 e. The monoisotopic (exact) mass is 460 g/mol. The van der Waals surface area contributed by atoms with Crippen LogP contribution in [0.1, 0.15) is 28.8 Å². The molecule has 0 atom stereocenters. The highest BCUT2D eigenvalue weighted by Crippen LogP contribution is 2.28. The van der Waals surface area contributed by atoms with Crippen molar-refractivity contribution in [2.45, 2.75) is 12.8 Å². The van der Waals surface area contributed by atoms with Crippen LogP contribution in [0.25, 0.3) is 0 Å². The first-order valence-corrected chi connectivity index (χ1v) is 11.2. The van der Waals surface area contributed by atoms with Gasteiger partial charge in [-0.15, -0.1) is 0 Å². The molecule has 2 heterocycles. The van der Waals surface area contributed by atoms with Gasteiger partial charge in [-0.1, -0.05) is 18.2 Å². The Hall–Kier alpha value is -4.07. The lowest BCUT2D eigenvalue weighted by Gasteiger charge is -2.33. The molecule has 1 aliphatic rings. The van der Waals surface area contributed by atoms with Crippen molar-refractivity contribution in [2.24, 2.45) is 5.92 Å². The third kappa shape index (κ3) is 5.46. The number of rotatable bonds is 7. The average molecular weight is 461 g/mol. The van der Waals surface area contributed by atoms with Crippen LogP contribution in [0.3, 0.4) is 0 Å². The Morgan fingerprint density at radius 3 is 2.56 bits per heavy atom. The van der Waals surface area contributed by atoms with E-state index in [2.05, 4.69) is 15.2 Å². The summed E-state index contributed by atoms with van der Waals surface area (Å²) < 4.78 is 10.7. The van der Waals surface area contributed by atoms with E-state index in [1.165, 1.54) is 7.11 Å². The predicted octanol–water partition coefficient (Wildman–Crippen LogP) is 4.37. The van der Waals surface area contributed by atoms with Crippen molar-refractivity contribution in [3.8, 4) is 5.75 Å². The van der Waals surface area contributed by atoms with Crippen LogP contribution in [0.5, 0.6) is 5.75 Å². The molecule has 1 amide bonds. The fourth-order valence-electron chi connectivity index (χ4n) is 4.06. The number of aromatic nitrogens is 1. The van der Waals surface area contributed by atoms with E-state index in [0.29, 0.717) is 17.9 Å². The maximum atomic E-state index is 13.1. The summed E-state index contributed by atoms with van der Waals surface area (Å²) in [6, 6.07) is 15.8. The van der Waals surface area contributed by atoms with Gasteiger partial charge in [0.1, 0.15) is 5.75 Å². The van der Waals surface area contributed by atoms with Gasteiger partial charge in [-0.2, -0.15) is 0 Å². The van der Waals surface area contributed by atoms with E-state index in [4.69, 9.17) is 15.2 Å². The summed E-state index contributed by atoms with van der Waals surface area (Å²) >= 11 is 0.